The van der Waals surface area contributed by atoms with Crippen LogP contribution in [0.2, 0.25) is 0 Å². The van der Waals surface area contributed by atoms with Crippen molar-refractivity contribution in [3.05, 3.63) is 58.5 Å². The van der Waals surface area contributed by atoms with Crippen molar-refractivity contribution in [3.63, 3.8) is 0 Å². The Kier molecular flexibility index (Phi) is 3.19. The highest BCUT2D eigenvalue weighted by molar-refractivity contribution is 5.92. The van der Waals surface area contributed by atoms with Crippen LogP contribution in [0.3, 0.4) is 0 Å². The van der Waals surface area contributed by atoms with Gasteiger partial charge in [-0.2, -0.15) is 10.1 Å². The monoisotopic (exact) mass is 319 g/mol. The molecule has 0 unspecified atom stereocenters. The topological polar surface area (TPSA) is 86.7 Å². The quantitative estimate of drug-likeness (QED) is 0.563. The minimum absolute atomic E-state index is 0.140. The number of nitrogens with zero attached hydrogens (tertiary/aromatic N) is 5. The maximum Gasteiger partial charge on any atom is 0.259 e. The van der Waals surface area contributed by atoms with Crippen molar-refractivity contribution < 1.29 is 4.52 Å². The Labute approximate surface area is 136 Å². The van der Waals surface area contributed by atoms with Crippen molar-refractivity contribution in [2.45, 2.75) is 6.92 Å². The molecule has 118 valence electrons. The molecule has 0 spiro atoms. The summed E-state index contributed by atoms with van der Waals surface area (Å²) in [5, 5.41) is 12.9. The molecule has 0 bridgehead atoms. The lowest BCUT2D eigenvalue weighted by molar-refractivity contribution is 0.432. The van der Waals surface area contributed by atoms with Gasteiger partial charge < -0.3 is 9.09 Å². The van der Waals surface area contributed by atoms with Crippen molar-refractivity contribution in [2.75, 3.05) is 0 Å². The normalized spacial score (nSPS) is 11.1. The summed E-state index contributed by atoms with van der Waals surface area (Å²) in [6.45, 7) is 1.85. The molecule has 4 rings (SSSR count). The maximum atomic E-state index is 12.2. The number of fused-ring (bicyclic) bond motifs is 1. The third-order valence-corrected chi connectivity index (χ3v) is 3.84. The first-order valence-corrected chi connectivity index (χ1v) is 7.37. The van der Waals surface area contributed by atoms with E-state index in [2.05, 4.69) is 20.3 Å². The highest BCUT2D eigenvalue weighted by Gasteiger charge is 2.16. The fourth-order valence-corrected chi connectivity index (χ4v) is 2.54. The summed E-state index contributed by atoms with van der Waals surface area (Å²) in [6.07, 6.45) is 0. The number of pyridine rings is 1. The van der Waals surface area contributed by atoms with Gasteiger partial charge in [0.1, 0.15) is 5.69 Å². The molecule has 24 heavy (non-hydrogen) atoms. The summed E-state index contributed by atoms with van der Waals surface area (Å²) >= 11 is 0. The third-order valence-electron chi connectivity index (χ3n) is 3.84. The van der Waals surface area contributed by atoms with Crippen molar-refractivity contribution in [1.29, 1.82) is 0 Å². The lowest BCUT2D eigenvalue weighted by Gasteiger charge is -2.06. The Hall–Kier alpha value is -3.35. The molecule has 0 radical (unpaired) electrons. The van der Waals surface area contributed by atoms with Gasteiger partial charge in [0.2, 0.25) is 5.82 Å². The van der Waals surface area contributed by atoms with Crippen molar-refractivity contribution >= 4 is 10.9 Å². The molecule has 0 amide bonds. The predicted molar refractivity (Wildman–Crippen MR) is 88.2 cm³/mol. The highest BCUT2D eigenvalue weighted by atomic mass is 16.5. The molecule has 0 N–H and O–H groups in total. The van der Waals surface area contributed by atoms with E-state index in [4.69, 9.17) is 4.52 Å². The first kappa shape index (κ1) is 14.3. The molecular formula is C17H13N5O2. The summed E-state index contributed by atoms with van der Waals surface area (Å²) in [5.41, 5.74) is 2.59. The molecule has 0 aliphatic rings. The van der Waals surface area contributed by atoms with Gasteiger partial charge in [0.15, 0.2) is 0 Å². The van der Waals surface area contributed by atoms with Crippen LogP contribution < -0.4 is 5.56 Å². The van der Waals surface area contributed by atoms with E-state index in [0.29, 0.717) is 17.1 Å². The van der Waals surface area contributed by atoms with Gasteiger partial charge in [-0.25, -0.2) is 0 Å². The van der Waals surface area contributed by atoms with Crippen LogP contribution in [0.4, 0.5) is 0 Å². The number of hydrogen-bond donors (Lipinski definition) is 0. The first-order chi connectivity index (χ1) is 11.6. The number of aryl methyl sites for hydroxylation is 2. The van der Waals surface area contributed by atoms with Crippen LogP contribution >= 0.6 is 0 Å². The Morgan fingerprint density at radius 1 is 1.08 bits per heavy atom. The molecule has 7 heteroatoms. The number of para-hydroxylation sites is 1. The van der Waals surface area contributed by atoms with Crippen LogP contribution in [0, 0.1) is 6.92 Å². The minimum Gasteiger partial charge on any atom is -0.334 e. The van der Waals surface area contributed by atoms with Crippen molar-refractivity contribution in [2.24, 2.45) is 7.05 Å². The molecule has 0 aliphatic carbocycles. The zero-order valence-electron chi connectivity index (χ0n) is 13.1. The van der Waals surface area contributed by atoms with Gasteiger partial charge in [-0.15, -0.1) is 5.10 Å². The summed E-state index contributed by atoms with van der Waals surface area (Å²) in [6, 6.07) is 12.7. The second-order valence-corrected chi connectivity index (χ2v) is 5.46. The molecule has 0 fully saturated rings. The van der Waals surface area contributed by atoms with E-state index in [1.807, 2.05) is 37.3 Å². The molecule has 3 heterocycles. The van der Waals surface area contributed by atoms with Crippen LogP contribution in [0.5, 0.6) is 0 Å². The van der Waals surface area contributed by atoms with Gasteiger partial charge in [0.05, 0.1) is 16.8 Å². The lowest BCUT2D eigenvalue weighted by atomic mass is 10.1. The number of benzene rings is 1. The first-order valence-electron chi connectivity index (χ1n) is 7.37. The van der Waals surface area contributed by atoms with E-state index in [1.165, 1.54) is 6.07 Å². The van der Waals surface area contributed by atoms with E-state index in [-0.39, 0.29) is 11.4 Å². The number of hydrogen-bond acceptors (Lipinski definition) is 6. The largest absolute Gasteiger partial charge is 0.334 e. The predicted octanol–water partition coefficient (Wildman–Crippen LogP) is 2.35. The molecule has 0 atom stereocenters. The van der Waals surface area contributed by atoms with Gasteiger partial charge in [0, 0.05) is 18.5 Å². The number of aromatic nitrogens is 5. The molecule has 7 nitrogen and oxygen atoms in total. The average molecular weight is 319 g/mol. The van der Waals surface area contributed by atoms with Crippen LogP contribution in [0.25, 0.3) is 33.9 Å². The Morgan fingerprint density at radius 3 is 2.71 bits per heavy atom. The zero-order valence-corrected chi connectivity index (χ0v) is 13.1. The fourth-order valence-electron chi connectivity index (χ4n) is 2.54. The van der Waals surface area contributed by atoms with E-state index in [0.717, 1.165) is 16.6 Å². The van der Waals surface area contributed by atoms with Crippen LogP contribution in [0.1, 0.15) is 5.69 Å². The summed E-state index contributed by atoms with van der Waals surface area (Å²) in [5.74, 6) is 0.614. The molecule has 4 aromatic rings. The second-order valence-electron chi connectivity index (χ2n) is 5.46. The summed E-state index contributed by atoms with van der Waals surface area (Å²) in [7, 11) is 1.73. The van der Waals surface area contributed by atoms with Crippen LogP contribution in [0.15, 0.2) is 51.8 Å². The summed E-state index contributed by atoms with van der Waals surface area (Å²) < 4.78 is 6.95. The van der Waals surface area contributed by atoms with Crippen LogP contribution in [-0.2, 0) is 7.05 Å². The molecule has 0 aliphatic heterocycles. The minimum atomic E-state index is -0.140. The zero-order chi connectivity index (χ0) is 16.7. The Bertz CT molecular complexity index is 1100. The highest BCUT2D eigenvalue weighted by Crippen LogP contribution is 2.27. The fraction of sp³-hybridized carbons (Fsp3) is 0.118. The third kappa shape index (κ3) is 2.26. The van der Waals surface area contributed by atoms with E-state index < -0.39 is 0 Å². The van der Waals surface area contributed by atoms with Gasteiger partial charge in [-0.05, 0) is 25.1 Å². The summed E-state index contributed by atoms with van der Waals surface area (Å²) in [4.78, 5) is 16.6. The van der Waals surface area contributed by atoms with Gasteiger partial charge >= 0.3 is 0 Å². The standard InChI is InChI=1S/C17H13N5O2/c1-10-7-8-13(20-19-10)16-18-17(24-21-16)12-9-15(23)22(2)14-6-4-3-5-11(12)14/h3-9H,1-2H3. The molecule has 0 saturated heterocycles. The lowest BCUT2D eigenvalue weighted by Crippen LogP contribution is -2.16. The molecular weight excluding hydrogens is 306 g/mol. The van der Waals surface area contributed by atoms with Gasteiger partial charge in [-0.1, -0.05) is 23.4 Å². The van der Waals surface area contributed by atoms with Gasteiger partial charge in [-0.3, -0.25) is 4.79 Å². The van der Waals surface area contributed by atoms with E-state index in [9.17, 15) is 4.79 Å². The Balaban J connectivity index is 1.89. The number of rotatable bonds is 2. The van der Waals surface area contributed by atoms with Crippen molar-refractivity contribution in [1.82, 2.24) is 24.9 Å². The van der Waals surface area contributed by atoms with Gasteiger partial charge in [0.25, 0.3) is 11.4 Å². The molecule has 0 saturated carbocycles. The second kappa shape index (κ2) is 5.38. The maximum absolute atomic E-state index is 12.2. The van der Waals surface area contributed by atoms with E-state index >= 15 is 0 Å². The Morgan fingerprint density at radius 2 is 1.92 bits per heavy atom. The van der Waals surface area contributed by atoms with E-state index in [1.54, 1.807) is 17.7 Å². The average Bonchev–Trinajstić information content (AvgIpc) is 3.08. The molecule has 3 aromatic heterocycles. The smallest absolute Gasteiger partial charge is 0.259 e. The van der Waals surface area contributed by atoms with Crippen molar-refractivity contribution in [3.8, 4) is 23.0 Å². The van der Waals surface area contributed by atoms with Crippen LogP contribution in [-0.4, -0.2) is 24.9 Å². The molecule has 1 aromatic carbocycles. The SMILES string of the molecule is Cc1ccc(-c2noc(-c3cc(=O)n(C)c4ccccc34)n2)nn1.